The van der Waals surface area contributed by atoms with Crippen LogP contribution in [0.2, 0.25) is 0 Å². The number of phenols is 2. The Hall–Kier alpha value is -6.28. The first-order valence-electron chi connectivity index (χ1n) is 24.2. The van der Waals surface area contributed by atoms with E-state index in [1.165, 1.54) is 0 Å². The molecular formula is C60H70N2O6. The summed E-state index contributed by atoms with van der Waals surface area (Å²) in [6, 6.07) is 32.8. The highest BCUT2D eigenvalue weighted by atomic mass is 16.5. The van der Waals surface area contributed by atoms with E-state index < -0.39 is 0 Å². The Morgan fingerprint density at radius 1 is 0.353 bits per heavy atom. The fourth-order valence-electron chi connectivity index (χ4n) is 9.04. The molecule has 6 aromatic carbocycles. The minimum absolute atomic E-state index is 0.220. The molecule has 0 saturated heterocycles. The largest absolute Gasteiger partial charge is 0.507 e. The number of rotatable bonds is 0. The van der Waals surface area contributed by atoms with Gasteiger partial charge in [0, 0.05) is 25.7 Å². The number of aromatic hydroxyl groups is 2. The zero-order valence-electron chi connectivity index (χ0n) is 42.3. The molecule has 8 heteroatoms. The first kappa shape index (κ1) is 48.2. The molecule has 356 valence electrons. The number of azo groups is 1. The third kappa shape index (κ3) is 10.7. The van der Waals surface area contributed by atoms with Crippen molar-refractivity contribution in [2.75, 3.05) is 26.4 Å². The zero-order chi connectivity index (χ0) is 48.8. The minimum Gasteiger partial charge on any atom is -0.507 e. The summed E-state index contributed by atoms with van der Waals surface area (Å²) in [5, 5.41) is 34.6. The van der Waals surface area contributed by atoms with Crippen LogP contribution in [0.4, 0.5) is 11.4 Å². The Balaban J connectivity index is 1.43. The van der Waals surface area contributed by atoms with Crippen molar-refractivity contribution >= 4 is 11.4 Å². The molecular weight excluding hydrogens is 845 g/mol. The van der Waals surface area contributed by atoms with Crippen LogP contribution in [0, 0.1) is 0 Å². The van der Waals surface area contributed by atoms with Gasteiger partial charge < -0.3 is 29.2 Å². The lowest BCUT2D eigenvalue weighted by molar-refractivity contribution is 0.215. The van der Waals surface area contributed by atoms with Crippen LogP contribution in [0.15, 0.2) is 107 Å². The third-order valence-corrected chi connectivity index (χ3v) is 13.2. The molecule has 0 radical (unpaired) electrons. The number of ether oxygens (including phenoxy) is 4. The van der Waals surface area contributed by atoms with Crippen molar-refractivity contribution < 1.29 is 29.2 Å². The van der Waals surface area contributed by atoms with Gasteiger partial charge in [-0.2, -0.15) is 0 Å². The molecule has 8 nitrogen and oxygen atoms in total. The van der Waals surface area contributed by atoms with E-state index >= 15 is 0 Å². The van der Waals surface area contributed by atoms with Gasteiger partial charge in [-0.25, -0.2) is 0 Å². The van der Waals surface area contributed by atoms with Gasteiger partial charge in [0.1, 0.15) is 72.3 Å². The lowest BCUT2D eigenvalue weighted by Gasteiger charge is -2.28. The number of fused-ring (bicyclic) bond motifs is 6. The van der Waals surface area contributed by atoms with Crippen LogP contribution in [-0.2, 0) is 47.3 Å². The molecule has 2 heterocycles. The molecule has 2 aliphatic heterocycles. The van der Waals surface area contributed by atoms with Gasteiger partial charge in [-0.3, -0.25) is 0 Å². The molecule has 2 N–H and O–H groups in total. The smallest absolute Gasteiger partial charge is 0.146 e. The van der Waals surface area contributed by atoms with Crippen LogP contribution in [0.5, 0.6) is 34.5 Å². The molecule has 0 amide bonds. The summed E-state index contributed by atoms with van der Waals surface area (Å²) in [4.78, 5) is 0. The molecule has 0 unspecified atom stereocenters. The predicted molar refractivity (Wildman–Crippen MR) is 274 cm³/mol. The van der Waals surface area contributed by atoms with Crippen LogP contribution in [0.3, 0.4) is 0 Å². The maximum Gasteiger partial charge on any atom is 0.146 e. The summed E-state index contributed by atoms with van der Waals surface area (Å²) in [7, 11) is 0. The van der Waals surface area contributed by atoms with Crippen molar-refractivity contribution in [3.63, 3.8) is 0 Å². The molecule has 3 aliphatic rings. The van der Waals surface area contributed by atoms with E-state index in [1.807, 2.05) is 48.5 Å². The molecule has 0 atom stereocenters. The maximum absolute atomic E-state index is 12.7. The van der Waals surface area contributed by atoms with Gasteiger partial charge in [-0.1, -0.05) is 156 Å². The molecule has 6 aromatic rings. The van der Waals surface area contributed by atoms with Gasteiger partial charge in [0.05, 0.1) is 0 Å². The number of phenolic OH excluding ortho intramolecular Hbond substituents is 2. The molecule has 0 fully saturated rings. The summed E-state index contributed by atoms with van der Waals surface area (Å²) >= 11 is 0. The third-order valence-electron chi connectivity index (χ3n) is 13.2. The molecule has 0 saturated carbocycles. The van der Waals surface area contributed by atoms with Crippen molar-refractivity contribution in [1.29, 1.82) is 0 Å². The molecule has 0 spiro atoms. The molecule has 68 heavy (non-hydrogen) atoms. The van der Waals surface area contributed by atoms with Crippen molar-refractivity contribution in [3.8, 4) is 34.5 Å². The standard InChI is InChI=1S/C60H70N2O6/c1-57(2,3)45-29-37-25-41-33-47(59(7,8)9)35-43-27-39-31-46(58(4,5)6)32-40(54(39)64)28-44-36-48(60(10,11)12)34-42(26-38(30-45)53(37)63)56(44)68-24-22-66-52-20-16-14-18-50(52)62-61-49-17-13-15-19-51(49)65-21-23-67-55(41)43/h13-20,29-36,63-64H,21-28H2,1-12H3. The highest BCUT2D eigenvalue weighted by Crippen LogP contribution is 2.44. The monoisotopic (exact) mass is 915 g/mol. The minimum atomic E-state index is -0.220. The lowest BCUT2D eigenvalue weighted by atomic mass is 9.79. The second-order valence-corrected chi connectivity index (χ2v) is 22.8. The normalized spacial score (nSPS) is 14.8. The fourth-order valence-corrected chi connectivity index (χ4v) is 9.04. The summed E-state index contributed by atoms with van der Waals surface area (Å²) in [6.07, 6.45) is 1.64. The predicted octanol–water partition coefficient (Wildman–Crippen LogP) is 14.6. The SMILES string of the molecule is CC(C)(C)c1cc2c(O)c(c1)Cc1cc(C(C)(C)C)cc3c1OCCOc1ccccc1N=Nc1ccccc1OCCOc1c(cc(C(C)(C)C)cc1Cc1cc(C(C)(C)C)cc(c1O)C3)C2. The van der Waals surface area contributed by atoms with Gasteiger partial charge in [-0.05, 0) is 113 Å². The van der Waals surface area contributed by atoms with Gasteiger partial charge >= 0.3 is 0 Å². The highest BCUT2D eigenvalue weighted by Gasteiger charge is 2.29. The van der Waals surface area contributed by atoms with Gasteiger partial charge in [0.15, 0.2) is 0 Å². The quantitative estimate of drug-likeness (QED) is 0.157. The van der Waals surface area contributed by atoms with E-state index in [0.717, 1.165) is 78.3 Å². The zero-order valence-corrected chi connectivity index (χ0v) is 42.3. The number of nitrogens with zero attached hydrogens (tertiary/aromatic N) is 2. The van der Waals surface area contributed by atoms with E-state index in [0.29, 0.717) is 48.6 Å². The van der Waals surface area contributed by atoms with Crippen LogP contribution in [0.1, 0.15) is 150 Å². The van der Waals surface area contributed by atoms with Gasteiger partial charge in [0.2, 0.25) is 0 Å². The second kappa shape index (κ2) is 18.7. The Kier molecular flexibility index (Phi) is 13.2. The topological polar surface area (TPSA) is 102 Å². The lowest BCUT2D eigenvalue weighted by Crippen LogP contribution is -2.18. The molecule has 1 aliphatic carbocycles. The van der Waals surface area contributed by atoms with Crippen LogP contribution in [0.25, 0.3) is 0 Å². The van der Waals surface area contributed by atoms with Crippen molar-refractivity contribution in [2.45, 2.75) is 130 Å². The second-order valence-electron chi connectivity index (χ2n) is 22.8. The molecule has 9 rings (SSSR count). The average molecular weight is 915 g/mol. The van der Waals surface area contributed by atoms with Crippen molar-refractivity contribution in [3.05, 3.63) is 164 Å². The summed E-state index contributed by atoms with van der Waals surface area (Å²) < 4.78 is 26.7. The Morgan fingerprint density at radius 2 is 0.603 bits per heavy atom. The van der Waals surface area contributed by atoms with E-state index in [9.17, 15) is 10.2 Å². The fraction of sp³-hybridized carbons (Fsp3) is 0.400. The van der Waals surface area contributed by atoms with Gasteiger partial charge in [0.25, 0.3) is 0 Å². The van der Waals surface area contributed by atoms with Crippen LogP contribution < -0.4 is 18.9 Å². The molecule has 0 aromatic heterocycles. The van der Waals surface area contributed by atoms with Crippen molar-refractivity contribution in [1.82, 2.24) is 0 Å². The van der Waals surface area contributed by atoms with Gasteiger partial charge in [-0.15, -0.1) is 10.2 Å². The van der Waals surface area contributed by atoms with E-state index in [-0.39, 0.29) is 59.6 Å². The summed E-state index contributed by atoms with van der Waals surface area (Å²) in [5.41, 5.74) is 11.9. The van der Waals surface area contributed by atoms with E-state index in [1.54, 1.807) is 0 Å². The highest BCUT2D eigenvalue weighted by molar-refractivity contribution is 5.60. The Labute approximate surface area is 404 Å². The number of hydrogen-bond donors (Lipinski definition) is 2. The number of para-hydroxylation sites is 2. The average Bonchev–Trinajstić information content (AvgIpc) is 3.25. The van der Waals surface area contributed by atoms with Crippen LogP contribution >= 0.6 is 0 Å². The first-order valence-corrected chi connectivity index (χ1v) is 24.2. The Morgan fingerprint density at radius 3 is 0.882 bits per heavy atom. The van der Waals surface area contributed by atoms with Crippen molar-refractivity contribution in [2.24, 2.45) is 10.2 Å². The maximum atomic E-state index is 12.7. The Bertz CT molecular complexity index is 2570. The van der Waals surface area contributed by atoms with E-state index in [4.69, 9.17) is 18.9 Å². The molecule has 10 bridgehead atoms. The number of hydrogen-bond acceptors (Lipinski definition) is 8. The number of benzene rings is 6. The van der Waals surface area contributed by atoms with Crippen LogP contribution in [-0.4, -0.2) is 36.6 Å². The summed E-state index contributed by atoms with van der Waals surface area (Å²) in [6.45, 7) is 27.6. The summed E-state index contributed by atoms with van der Waals surface area (Å²) in [5.74, 6) is 3.10. The van der Waals surface area contributed by atoms with E-state index in [2.05, 4.69) is 142 Å². The first-order chi connectivity index (χ1) is 32.0.